The first kappa shape index (κ1) is 26.6. The Morgan fingerprint density at radius 1 is 0.927 bits per heavy atom. The summed E-state index contributed by atoms with van der Waals surface area (Å²) in [6, 6.07) is 19.6. The van der Waals surface area contributed by atoms with E-state index >= 15 is 0 Å². The number of ketones is 1. The number of aryl methyl sites for hydroxylation is 1. The van der Waals surface area contributed by atoms with Crippen molar-refractivity contribution in [2.75, 3.05) is 23.6 Å². The molecule has 2 aliphatic heterocycles. The van der Waals surface area contributed by atoms with Gasteiger partial charge in [0.2, 0.25) is 18.6 Å². The molecule has 210 valence electrons. The normalized spacial score (nSPS) is 16.9. The van der Waals surface area contributed by atoms with Gasteiger partial charge in [0.05, 0.1) is 11.3 Å². The standard InChI is InChI=1S/C32H31N3O6/c1-21-9-3-4-10-22(21)18-35(28(36)19-34-25-12-6-5-11-24(25)29(37)30(34)38)32(15-7-2-8-16-32)31(39)33-23-13-14-26-27(17-23)41-20-40-26/h3-6,9-14,17H,2,7-8,15-16,18-20H2,1H3,(H,33,39). The number of fused-ring (bicyclic) bond motifs is 2. The van der Waals surface area contributed by atoms with E-state index in [1.54, 1.807) is 47.4 Å². The maximum Gasteiger partial charge on any atom is 0.299 e. The van der Waals surface area contributed by atoms with Crippen molar-refractivity contribution >= 4 is 34.9 Å². The SMILES string of the molecule is Cc1ccccc1CN(C(=O)CN1C(=O)C(=O)c2ccccc21)C1(C(=O)Nc2ccc3c(c2)OCO3)CCCCC1. The van der Waals surface area contributed by atoms with Crippen molar-refractivity contribution in [3.05, 3.63) is 83.4 Å². The van der Waals surface area contributed by atoms with E-state index in [9.17, 15) is 19.2 Å². The number of ether oxygens (including phenoxy) is 2. The number of para-hydroxylation sites is 1. The summed E-state index contributed by atoms with van der Waals surface area (Å²) in [6.45, 7) is 1.94. The van der Waals surface area contributed by atoms with Gasteiger partial charge in [0.25, 0.3) is 11.7 Å². The molecule has 1 saturated carbocycles. The molecule has 0 aromatic heterocycles. The first-order valence-corrected chi connectivity index (χ1v) is 13.9. The molecule has 0 atom stereocenters. The van der Waals surface area contributed by atoms with Crippen LogP contribution in [-0.4, -0.2) is 47.3 Å². The number of anilines is 2. The van der Waals surface area contributed by atoms with Gasteiger partial charge in [-0.3, -0.25) is 24.1 Å². The van der Waals surface area contributed by atoms with Gasteiger partial charge in [0.1, 0.15) is 12.1 Å². The van der Waals surface area contributed by atoms with Gasteiger partial charge in [-0.15, -0.1) is 0 Å². The van der Waals surface area contributed by atoms with Gasteiger partial charge in [-0.1, -0.05) is 55.7 Å². The van der Waals surface area contributed by atoms with Crippen LogP contribution in [0.25, 0.3) is 0 Å². The molecule has 1 N–H and O–H groups in total. The van der Waals surface area contributed by atoms with Crippen molar-refractivity contribution < 1.29 is 28.7 Å². The number of amides is 3. The van der Waals surface area contributed by atoms with Crippen LogP contribution >= 0.6 is 0 Å². The van der Waals surface area contributed by atoms with Crippen molar-refractivity contribution in [1.82, 2.24) is 4.90 Å². The second-order valence-electron chi connectivity index (χ2n) is 10.8. The third kappa shape index (κ3) is 4.81. The van der Waals surface area contributed by atoms with Crippen LogP contribution in [0.4, 0.5) is 11.4 Å². The molecule has 41 heavy (non-hydrogen) atoms. The van der Waals surface area contributed by atoms with E-state index in [4.69, 9.17) is 9.47 Å². The highest BCUT2D eigenvalue weighted by molar-refractivity contribution is 6.52. The lowest BCUT2D eigenvalue weighted by Crippen LogP contribution is -2.61. The number of nitrogens with one attached hydrogen (secondary N) is 1. The van der Waals surface area contributed by atoms with Gasteiger partial charge in [0.15, 0.2) is 11.5 Å². The number of hydrogen-bond acceptors (Lipinski definition) is 6. The van der Waals surface area contributed by atoms with Gasteiger partial charge in [-0.2, -0.15) is 0 Å². The van der Waals surface area contributed by atoms with Crippen molar-refractivity contribution in [2.45, 2.75) is 51.1 Å². The van der Waals surface area contributed by atoms with E-state index in [1.807, 2.05) is 31.2 Å². The van der Waals surface area contributed by atoms with Crippen LogP contribution in [0.1, 0.15) is 53.6 Å². The highest BCUT2D eigenvalue weighted by Gasteiger charge is 2.48. The number of carbonyl (C=O) groups is 4. The Kier molecular flexibility index (Phi) is 6.95. The van der Waals surface area contributed by atoms with Crippen LogP contribution in [0, 0.1) is 6.92 Å². The summed E-state index contributed by atoms with van der Waals surface area (Å²) in [7, 11) is 0. The lowest BCUT2D eigenvalue weighted by molar-refractivity contribution is -0.148. The van der Waals surface area contributed by atoms with Crippen LogP contribution < -0.4 is 19.7 Å². The predicted molar refractivity (Wildman–Crippen MR) is 152 cm³/mol. The van der Waals surface area contributed by atoms with Crippen molar-refractivity contribution in [2.24, 2.45) is 0 Å². The van der Waals surface area contributed by atoms with Gasteiger partial charge in [-0.05, 0) is 55.2 Å². The molecule has 9 nitrogen and oxygen atoms in total. The number of rotatable bonds is 7. The van der Waals surface area contributed by atoms with Gasteiger partial charge >= 0.3 is 0 Å². The third-order valence-electron chi connectivity index (χ3n) is 8.31. The van der Waals surface area contributed by atoms with Gasteiger partial charge in [-0.25, -0.2) is 0 Å². The van der Waals surface area contributed by atoms with E-state index in [-0.39, 0.29) is 31.4 Å². The largest absolute Gasteiger partial charge is 0.454 e. The molecule has 3 aromatic rings. The molecule has 6 rings (SSSR count). The highest BCUT2D eigenvalue weighted by Crippen LogP contribution is 2.39. The van der Waals surface area contributed by atoms with Crippen LogP contribution in [0.15, 0.2) is 66.7 Å². The fourth-order valence-electron chi connectivity index (χ4n) is 6.04. The summed E-state index contributed by atoms with van der Waals surface area (Å²) >= 11 is 0. The molecule has 2 heterocycles. The Balaban J connectivity index is 1.36. The molecular weight excluding hydrogens is 522 g/mol. The van der Waals surface area contributed by atoms with Crippen LogP contribution in [-0.2, 0) is 20.9 Å². The van der Waals surface area contributed by atoms with E-state index < -0.39 is 23.1 Å². The molecule has 3 aromatic carbocycles. The lowest BCUT2D eigenvalue weighted by atomic mass is 9.78. The van der Waals surface area contributed by atoms with E-state index in [2.05, 4.69) is 5.32 Å². The van der Waals surface area contributed by atoms with Crippen molar-refractivity contribution in [1.29, 1.82) is 0 Å². The second kappa shape index (κ2) is 10.7. The molecule has 0 radical (unpaired) electrons. The monoisotopic (exact) mass is 553 g/mol. The maximum atomic E-state index is 14.3. The molecule has 0 saturated heterocycles. The van der Waals surface area contributed by atoms with Crippen LogP contribution in [0.3, 0.4) is 0 Å². The third-order valence-corrected chi connectivity index (χ3v) is 8.31. The summed E-state index contributed by atoms with van der Waals surface area (Å²) in [6.07, 6.45) is 3.46. The number of Topliss-reactive ketones (excluding diaryl/α,β-unsaturated/α-hetero) is 1. The molecule has 0 unspecified atom stereocenters. The fourth-order valence-corrected chi connectivity index (χ4v) is 6.04. The molecule has 1 aliphatic carbocycles. The van der Waals surface area contributed by atoms with Crippen molar-refractivity contribution in [3.63, 3.8) is 0 Å². The second-order valence-corrected chi connectivity index (χ2v) is 10.8. The molecule has 3 amide bonds. The quantitative estimate of drug-likeness (QED) is 0.428. The zero-order valence-electron chi connectivity index (χ0n) is 22.9. The number of benzene rings is 3. The fraction of sp³-hybridized carbons (Fsp3) is 0.312. The minimum atomic E-state index is -1.15. The van der Waals surface area contributed by atoms with Gasteiger partial charge in [0, 0.05) is 18.3 Å². The molecule has 9 heteroatoms. The summed E-state index contributed by atoms with van der Waals surface area (Å²) in [5, 5.41) is 3.04. The summed E-state index contributed by atoms with van der Waals surface area (Å²) in [4.78, 5) is 57.0. The minimum Gasteiger partial charge on any atom is -0.454 e. The Bertz CT molecular complexity index is 1540. The average Bonchev–Trinajstić information content (AvgIpc) is 3.55. The van der Waals surface area contributed by atoms with Crippen LogP contribution in [0.2, 0.25) is 0 Å². The topological polar surface area (TPSA) is 105 Å². The lowest BCUT2D eigenvalue weighted by Gasteiger charge is -2.45. The number of nitrogens with zero attached hydrogens (tertiary/aromatic N) is 2. The Morgan fingerprint density at radius 2 is 1.66 bits per heavy atom. The van der Waals surface area contributed by atoms with E-state index in [0.29, 0.717) is 35.7 Å². The maximum absolute atomic E-state index is 14.3. The highest BCUT2D eigenvalue weighted by atomic mass is 16.7. The number of hydrogen-bond donors (Lipinski definition) is 1. The Labute approximate surface area is 238 Å². The smallest absolute Gasteiger partial charge is 0.299 e. The molecule has 0 bridgehead atoms. The summed E-state index contributed by atoms with van der Waals surface area (Å²) in [5.74, 6) is -0.901. The average molecular weight is 554 g/mol. The summed E-state index contributed by atoms with van der Waals surface area (Å²) in [5.41, 5.74) is 1.98. The van der Waals surface area contributed by atoms with E-state index in [0.717, 1.165) is 30.4 Å². The van der Waals surface area contributed by atoms with E-state index in [1.165, 1.54) is 4.90 Å². The Morgan fingerprint density at radius 3 is 2.46 bits per heavy atom. The number of carbonyl (C=O) groups excluding carboxylic acids is 4. The van der Waals surface area contributed by atoms with Crippen molar-refractivity contribution in [3.8, 4) is 11.5 Å². The first-order chi connectivity index (χ1) is 19.9. The molecule has 1 fully saturated rings. The van der Waals surface area contributed by atoms with Crippen LogP contribution in [0.5, 0.6) is 11.5 Å². The zero-order valence-corrected chi connectivity index (χ0v) is 22.9. The Hall–Kier alpha value is -4.66. The molecular formula is C32H31N3O6. The minimum absolute atomic E-state index is 0.121. The molecule has 3 aliphatic rings. The first-order valence-electron chi connectivity index (χ1n) is 13.9. The summed E-state index contributed by atoms with van der Waals surface area (Å²) < 4.78 is 10.9. The van der Waals surface area contributed by atoms with Gasteiger partial charge < -0.3 is 19.7 Å². The predicted octanol–water partition coefficient (Wildman–Crippen LogP) is 4.62. The molecule has 0 spiro atoms. The zero-order chi connectivity index (χ0) is 28.6.